The monoisotopic (exact) mass is 264 g/mol. The predicted molar refractivity (Wildman–Crippen MR) is 89.6 cm³/mol. The number of hydrogen-bond acceptors (Lipinski definition) is 0. The van der Waals surface area contributed by atoms with Crippen LogP contribution in [0.5, 0.6) is 0 Å². The van der Waals surface area contributed by atoms with E-state index in [2.05, 4.69) is 38.2 Å². The molecule has 0 nitrogen and oxygen atoms in total. The fourth-order valence-corrected chi connectivity index (χ4v) is 2.20. The number of allylic oxidation sites excluding steroid dienone is 4. The Bertz CT molecular complexity index is 200. The van der Waals surface area contributed by atoms with Crippen molar-refractivity contribution in [1.82, 2.24) is 0 Å². The average molecular weight is 264 g/mol. The van der Waals surface area contributed by atoms with Crippen LogP contribution < -0.4 is 0 Å². The molecule has 0 aromatic carbocycles. The largest absolute Gasteiger partial charge is 0.0885 e. The Labute approximate surface area is 122 Å². The van der Waals surface area contributed by atoms with E-state index in [4.69, 9.17) is 0 Å². The van der Waals surface area contributed by atoms with Crippen LogP contribution in [0, 0.1) is 0 Å². The molecule has 112 valence electrons. The molecule has 0 aliphatic heterocycles. The molecule has 0 spiro atoms. The molecule has 0 fully saturated rings. The van der Waals surface area contributed by atoms with E-state index in [-0.39, 0.29) is 0 Å². The Kier molecular flexibility index (Phi) is 17.0. The van der Waals surface area contributed by atoms with Gasteiger partial charge in [0.15, 0.2) is 0 Å². The highest BCUT2D eigenvalue weighted by molar-refractivity contribution is 4.82. The van der Waals surface area contributed by atoms with E-state index in [1.54, 1.807) is 0 Å². The SMILES string of the molecule is CCCC=CCCCCCCC=CCCCCCC. The lowest BCUT2D eigenvalue weighted by Gasteiger charge is -1.97. The van der Waals surface area contributed by atoms with E-state index < -0.39 is 0 Å². The highest BCUT2D eigenvalue weighted by Gasteiger charge is 1.88. The van der Waals surface area contributed by atoms with Gasteiger partial charge < -0.3 is 0 Å². The molecule has 0 heterocycles. The molecule has 0 atom stereocenters. The molecule has 0 saturated carbocycles. The van der Waals surface area contributed by atoms with Crippen LogP contribution in [0.1, 0.15) is 97.3 Å². The maximum atomic E-state index is 2.40. The van der Waals surface area contributed by atoms with Crippen molar-refractivity contribution in [3.8, 4) is 0 Å². The second-order valence-electron chi connectivity index (χ2n) is 5.57. The van der Waals surface area contributed by atoms with Crippen LogP contribution in [0.15, 0.2) is 24.3 Å². The van der Waals surface area contributed by atoms with Gasteiger partial charge in [0.2, 0.25) is 0 Å². The third-order valence-electron chi connectivity index (χ3n) is 3.50. The van der Waals surface area contributed by atoms with Gasteiger partial charge >= 0.3 is 0 Å². The molecular weight excluding hydrogens is 228 g/mol. The topological polar surface area (TPSA) is 0 Å². The number of hydrogen-bond donors (Lipinski definition) is 0. The van der Waals surface area contributed by atoms with Gasteiger partial charge in [0.05, 0.1) is 0 Å². The van der Waals surface area contributed by atoms with Crippen LogP contribution in [0.4, 0.5) is 0 Å². The van der Waals surface area contributed by atoms with Crippen LogP contribution in [0.2, 0.25) is 0 Å². The lowest BCUT2D eigenvalue weighted by Crippen LogP contribution is -1.77. The summed E-state index contributed by atoms with van der Waals surface area (Å²) >= 11 is 0. The van der Waals surface area contributed by atoms with E-state index >= 15 is 0 Å². The van der Waals surface area contributed by atoms with Gasteiger partial charge in [-0.15, -0.1) is 0 Å². The minimum absolute atomic E-state index is 1.25. The highest BCUT2D eigenvalue weighted by atomic mass is 13.9. The molecule has 0 unspecified atom stereocenters. The van der Waals surface area contributed by atoms with E-state index in [1.165, 1.54) is 83.5 Å². The maximum absolute atomic E-state index is 2.40. The zero-order valence-electron chi connectivity index (χ0n) is 13.5. The molecule has 0 aromatic heterocycles. The molecule has 0 heteroatoms. The molecule has 0 bridgehead atoms. The Morgan fingerprint density at radius 3 is 1.26 bits per heavy atom. The van der Waals surface area contributed by atoms with Crippen molar-refractivity contribution in [2.45, 2.75) is 97.3 Å². The fraction of sp³-hybridized carbons (Fsp3) is 0.789. The first-order chi connectivity index (χ1) is 9.41. The van der Waals surface area contributed by atoms with E-state index in [1.807, 2.05) is 0 Å². The van der Waals surface area contributed by atoms with Crippen molar-refractivity contribution in [2.75, 3.05) is 0 Å². The third-order valence-corrected chi connectivity index (χ3v) is 3.50. The predicted octanol–water partition coefficient (Wildman–Crippen LogP) is 7.21. The molecule has 0 saturated heterocycles. The van der Waals surface area contributed by atoms with Gasteiger partial charge in [0, 0.05) is 0 Å². The third kappa shape index (κ3) is 17.5. The van der Waals surface area contributed by atoms with Gasteiger partial charge in [-0.25, -0.2) is 0 Å². The second-order valence-corrected chi connectivity index (χ2v) is 5.57. The van der Waals surface area contributed by atoms with Gasteiger partial charge in [-0.3, -0.25) is 0 Å². The molecule has 0 rings (SSSR count). The van der Waals surface area contributed by atoms with Gasteiger partial charge in [-0.1, -0.05) is 76.7 Å². The Morgan fingerprint density at radius 2 is 0.842 bits per heavy atom. The molecule has 0 radical (unpaired) electrons. The van der Waals surface area contributed by atoms with Crippen LogP contribution in [0.25, 0.3) is 0 Å². The normalized spacial score (nSPS) is 11.9. The van der Waals surface area contributed by atoms with Gasteiger partial charge in [0.25, 0.3) is 0 Å². The Morgan fingerprint density at radius 1 is 0.421 bits per heavy atom. The summed E-state index contributed by atoms with van der Waals surface area (Å²) in [5.74, 6) is 0. The van der Waals surface area contributed by atoms with Crippen molar-refractivity contribution in [3.63, 3.8) is 0 Å². The summed E-state index contributed by atoms with van der Waals surface area (Å²) in [5, 5.41) is 0. The zero-order valence-corrected chi connectivity index (χ0v) is 13.5. The minimum atomic E-state index is 1.25. The van der Waals surface area contributed by atoms with Crippen molar-refractivity contribution in [2.24, 2.45) is 0 Å². The maximum Gasteiger partial charge on any atom is -0.0351 e. The lowest BCUT2D eigenvalue weighted by molar-refractivity contribution is 0.649. The van der Waals surface area contributed by atoms with Crippen molar-refractivity contribution < 1.29 is 0 Å². The summed E-state index contributed by atoms with van der Waals surface area (Å²) in [5.41, 5.74) is 0. The van der Waals surface area contributed by atoms with Gasteiger partial charge in [-0.2, -0.15) is 0 Å². The molecule has 0 aromatic rings. The summed E-state index contributed by atoms with van der Waals surface area (Å²) in [6.45, 7) is 4.51. The Hall–Kier alpha value is -0.520. The first-order valence-corrected chi connectivity index (χ1v) is 8.71. The second kappa shape index (κ2) is 17.5. The average Bonchev–Trinajstić information content (AvgIpc) is 2.43. The zero-order chi connectivity index (χ0) is 14.0. The highest BCUT2D eigenvalue weighted by Crippen LogP contribution is 2.08. The van der Waals surface area contributed by atoms with E-state index in [9.17, 15) is 0 Å². The van der Waals surface area contributed by atoms with Crippen molar-refractivity contribution in [1.29, 1.82) is 0 Å². The first kappa shape index (κ1) is 18.5. The summed E-state index contributed by atoms with van der Waals surface area (Å²) in [7, 11) is 0. The standard InChI is InChI=1S/C19H36/c1-3-5-7-9-11-13-15-17-19-18-16-14-12-10-8-6-4-2/h7,9,14,16H,3-6,8,10-13,15,17-19H2,1-2H3. The van der Waals surface area contributed by atoms with Crippen LogP contribution >= 0.6 is 0 Å². The van der Waals surface area contributed by atoms with Crippen LogP contribution in [-0.2, 0) is 0 Å². The first-order valence-electron chi connectivity index (χ1n) is 8.71. The number of rotatable bonds is 14. The van der Waals surface area contributed by atoms with Gasteiger partial charge in [-0.05, 0) is 44.9 Å². The molecule has 0 aliphatic carbocycles. The number of unbranched alkanes of at least 4 members (excludes halogenated alkanes) is 10. The van der Waals surface area contributed by atoms with Crippen molar-refractivity contribution in [3.05, 3.63) is 24.3 Å². The van der Waals surface area contributed by atoms with Crippen LogP contribution in [0.3, 0.4) is 0 Å². The summed E-state index contributed by atoms with van der Waals surface area (Å²) < 4.78 is 0. The van der Waals surface area contributed by atoms with Gasteiger partial charge in [0.1, 0.15) is 0 Å². The smallest absolute Gasteiger partial charge is 0.0351 e. The van der Waals surface area contributed by atoms with Crippen molar-refractivity contribution >= 4 is 0 Å². The molecule has 0 aliphatic rings. The quantitative estimate of drug-likeness (QED) is 0.230. The summed E-state index contributed by atoms with van der Waals surface area (Å²) in [6.07, 6.45) is 27.0. The molecule has 0 amide bonds. The van der Waals surface area contributed by atoms with E-state index in [0.29, 0.717) is 0 Å². The summed E-state index contributed by atoms with van der Waals surface area (Å²) in [6, 6.07) is 0. The van der Waals surface area contributed by atoms with E-state index in [0.717, 1.165) is 0 Å². The lowest BCUT2D eigenvalue weighted by atomic mass is 10.1. The van der Waals surface area contributed by atoms with Crippen LogP contribution in [-0.4, -0.2) is 0 Å². The Balaban J connectivity index is 3.07. The molecule has 19 heavy (non-hydrogen) atoms. The molecular formula is C19H36. The molecule has 0 N–H and O–H groups in total. The summed E-state index contributed by atoms with van der Waals surface area (Å²) in [4.78, 5) is 0. The fourth-order valence-electron chi connectivity index (χ4n) is 2.20. The minimum Gasteiger partial charge on any atom is -0.0885 e.